The number of unbranched alkanes of at least 4 members (excludes halogenated alkanes) is 4. The van der Waals surface area contributed by atoms with Crippen molar-refractivity contribution in [2.45, 2.75) is 77.5 Å². The monoisotopic (exact) mass is 501 g/mol. The van der Waals surface area contributed by atoms with E-state index in [0.717, 1.165) is 37.7 Å². The number of hydrogen-bond acceptors (Lipinski definition) is 5. The van der Waals surface area contributed by atoms with E-state index in [0.29, 0.717) is 19.6 Å². The standard InChI is InChI=1S/C26H39N5O5/c1-3-5-6-7-11-16-28-18-22-30(21(25(28)35)14-15-24(33)34)23(32)19-29(4-2)31(22)26(36)27-17-20-12-9-8-10-13-20/h8-10,12-13,21-22H,3-7,11,14-19H2,1-2H3,(H,27,36)(H,33,34)/t21-,22-/m0/s1. The number of rotatable bonds is 12. The van der Waals surface area contributed by atoms with Gasteiger partial charge in [0, 0.05) is 26.1 Å². The summed E-state index contributed by atoms with van der Waals surface area (Å²) in [6, 6.07) is 8.31. The molecule has 0 radical (unpaired) electrons. The molecule has 198 valence electrons. The van der Waals surface area contributed by atoms with Crippen molar-refractivity contribution < 1.29 is 24.3 Å². The van der Waals surface area contributed by atoms with Crippen LogP contribution >= 0.6 is 0 Å². The number of fused-ring (bicyclic) bond motifs is 1. The molecule has 0 saturated carbocycles. The number of piperazine rings is 1. The van der Waals surface area contributed by atoms with Gasteiger partial charge in [-0.05, 0) is 18.4 Å². The van der Waals surface area contributed by atoms with Crippen molar-refractivity contribution in [1.82, 2.24) is 25.1 Å². The summed E-state index contributed by atoms with van der Waals surface area (Å²) in [5, 5.41) is 15.5. The van der Waals surface area contributed by atoms with Crippen LogP contribution < -0.4 is 5.32 Å². The zero-order chi connectivity index (χ0) is 26.1. The van der Waals surface area contributed by atoms with Crippen molar-refractivity contribution in [2.24, 2.45) is 0 Å². The lowest BCUT2D eigenvalue weighted by Crippen LogP contribution is -2.76. The van der Waals surface area contributed by atoms with E-state index in [1.165, 1.54) is 4.90 Å². The third-order valence-corrected chi connectivity index (χ3v) is 6.85. The van der Waals surface area contributed by atoms with Gasteiger partial charge in [0.05, 0.1) is 13.1 Å². The van der Waals surface area contributed by atoms with Crippen LogP contribution in [0.25, 0.3) is 0 Å². The Kier molecular flexibility index (Phi) is 10.1. The van der Waals surface area contributed by atoms with Gasteiger partial charge in [-0.15, -0.1) is 0 Å². The van der Waals surface area contributed by atoms with Crippen molar-refractivity contribution in [3.8, 4) is 0 Å². The van der Waals surface area contributed by atoms with Gasteiger partial charge in [0.15, 0.2) is 0 Å². The lowest BCUT2D eigenvalue weighted by atomic mass is 10.0. The Bertz CT molecular complexity index is 911. The molecular formula is C26H39N5O5. The first-order valence-electron chi connectivity index (χ1n) is 13.0. The van der Waals surface area contributed by atoms with Crippen molar-refractivity contribution >= 4 is 23.8 Å². The summed E-state index contributed by atoms with van der Waals surface area (Å²) in [5.74, 6) is -1.51. The van der Waals surface area contributed by atoms with Gasteiger partial charge < -0.3 is 20.2 Å². The van der Waals surface area contributed by atoms with Gasteiger partial charge in [-0.2, -0.15) is 0 Å². The minimum atomic E-state index is -1.02. The Morgan fingerprint density at radius 1 is 1.06 bits per heavy atom. The molecule has 2 saturated heterocycles. The second-order valence-corrected chi connectivity index (χ2v) is 9.40. The van der Waals surface area contributed by atoms with E-state index < -0.39 is 18.2 Å². The number of carboxylic acid groups (broad SMARTS) is 1. The van der Waals surface area contributed by atoms with Gasteiger partial charge in [0.1, 0.15) is 12.2 Å². The Hall–Kier alpha value is -3.14. The Morgan fingerprint density at radius 3 is 2.44 bits per heavy atom. The van der Waals surface area contributed by atoms with Gasteiger partial charge in [-0.25, -0.2) is 14.8 Å². The molecule has 36 heavy (non-hydrogen) atoms. The number of hydrogen-bond donors (Lipinski definition) is 2. The van der Waals surface area contributed by atoms with E-state index in [-0.39, 0.29) is 43.8 Å². The molecule has 0 aromatic heterocycles. The van der Waals surface area contributed by atoms with Crippen LogP contribution in [0.4, 0.5) is 4.79 Å². The summed E-state index contributed by atoms with van der Waals surface area (Å²) in [5.41, 5.74) is 0.950. The minimum Gasteiger partial charge on any atom is -0.481 e. The molecule has 1 aromatic carbocycles. The summed E-state index contributed by atoms with van der Waals surface area (Å²) in [7, 11) is 0. The number of benzene rings is 1. The number of carboxylic acids is 1. The van der Waals surface area contributed by atoms with Gasteiger partial charge in [-0.3, -0.25) is 14.4 Å². The largest absolute Gasteiger partial charge is 0.481 e. The summed E-state index contributed by atoms with van der Waals surface area (Å²) < 4.78 is 0. The van der Waals surface area contributed by atoms with E-state index >= 15 is 0 Å². The molecule has 3 rings (SSSR count). The molecule has 10 nitrogen and oxygen atoms in total. The number of hydrazine groups is 1. The number of nitrogens with one attached hydrogen (secondary N) is 1. The van der Waals surface area contributed by atoms with Crippen LogP contribution in [0, 0.1) is 0 Å². The molecule has 10 heteroatoms. The maximum Gasteiger partial charge on any atom is 0.334 e. The quantitative estimate of drug-likeness (QED) is 0.426. The van der Waals surface area contributed by atoms with Crippen molar-refractivity contribution in [3.63, 3.8) is 0 Å². The number of likely N-dealkylation sites (N-methyl/N-ethyl adjacent to an activating group) is 1. The third kappa shape index (κ3) is 6.75. The first-order chi connectivity index (χ1) is 17.4. The maximum atomic E-state index is 13.4. The summed E-state index contributed by atoms with van der Waals surface area (Å²) in [6.07, 6.45) is 4.28. The smallest absolute Gasteiger partial charge is 0.334 e. The number of carbonyl (C=O) groups is 4. The van der Waals surface area contributed by atoms with E-state index in [2.05, 4.69) is 12.2 Å². The molecule has 2 aliphatic rings. The van der Waals surface area contributed by atoms with Crippen molar-refractivity contribution in [2.75, 3.05) is 26.2 Å². The van der Waals surface area contributed by atoms with Gasteiger partial charge in [0.25, 0.3) is 0 Å². The Morgan fingerprint density at radius 2 is 1.78 bits per heavy atom. The summed E-state index contributed by atoms with van der Waals surface area (Å²) in [6.45, 7) is 5.48. The van der Waals surface area contributed by atoms with Crippen molar-refractivity contribution in [3.05, 3.63) is 35.9 Å². The van der Waals surface area contributed by atoms with Gasteiger partial charge >= 0.3 is 12.0 Å². The summed E-state index contributed by atoms with van der Waals surface area (Å²) in [4.78, 5) is 54.5. The summed E-state index contributed by atoms with van der Waals surface area (Å²) >= 11 is 0. The molecule has 2 fully saturated rings. The maximum absolute atomic E-state index is 13.4. The van der Waals surface area contributed by atoms with Crippen molar-refractivity contribution in [1.29, 1.82) is 0 Å². The van der Waals surface area contributed by atoms with E-state index in [9.17, 15) is 24.3 Å². The van der Waals surface area contributed by atoms with Crippen LogP contribution in [0.1, 0.15) is 64.4 Å². The molecule has 0 spiro atoms. The fourth-order valence-electron chi connectivity index (χ4n) is 4.96. The average molecular weight is 502 g/mol. The normalized spacial score (nSPS) is 20.4. The predicted molar refractivity (Wildman–Crippen MR) is 134 cm³/mol. The number of amides is 4. The zero-order valence-corrected chi connectivity index (χ0v) is 21.4. The zero-order valence-electron chi connectivity index (χ0n) is 21.4. The fourth-order valence-corrected chi connectivity index (χ4v) is 4.96. The molecule has 2 heterocycles. The molecule has 2 N–H and O–H groups in total. The van der Waals surface area contributed by atoms with Crippen LogP contribution in [-0.2, 0) is 20.9 Å². The lowest BCUT2D eigenvalue weighted by molar-refractivity contribution is -0.190. The molecule has 2 atom stereocenters. The first-order valence-corrected chi connectivity index (χ1v) is 13.0. The molecular weight excluding hydrogens is 462 g/mol. The highest BCUT2D eigenvalue weighted by atomic mass is 16.4. The van der Waals surface area contributed by atoms with Crippen LogP contribution in [-0.4, -0.2) is 87.1 Å². The molecule has 0 aliphatic carbocycles. The predicted octanol–water partition coefficient (Wildman–Crippen LogP) is 2.65. The second-order valence-electron chi connectivity index (χ2n) is 9.40. The van der Waals surface area contributed by atoms with Crippen LogP contribution in [0.3, 0.4) is 0 Å². The molecule has 2 aliphatic heterocycles. The van der Waals surface area contributed by atoms with Crippen LogP contribution in [0.15, 0.2) is 30.3 Å². The Balaban J connectivity index is 1.82. The molecule has 0 unspecified atom stereocenters. The fraction of sp³-hybridized carbons (Fsp3) is 0.615. The first kappa shape index (κ1) is 27.4. The average Bonchev–Trinajstić information content (AvgIpc) is 2.87. The number of carbonyl (C=O) groups excluding carboxylic acids is 3. The third-order valence-electron chi connectivity index (χ3n) is 6.85. The number of urea groups is 1. The van der Waals surface area contributed by atoms with E-state index in [1.807, 2.05) is 37.3 Å². The molecule has 0 bridgehead atoms. The van der Waals surface area contributed by atoms with Crippen LogP contribution in [0.5, 0.6) is 0 Å². The lowest BCUT2D eigenvalue weighted by Gasteiger charge is -2.55. The minimum absolute atomic E-state index is 0.0222. The number of nitrogens with zero attached hydrogens (tertiary/aromatic N) is 4. The molecule has 1 aromatic rings. The Labute approximate surface area is 213 Å². The van der Waals surface area contributed by atoms with E-state index in [1.54, 1.807) is 14.9 Å². The SMILES string of the molecule is CCCCCCCN1C[C@H]2N(C(=O)CN(CC)N2C(=O)NCc2ccccc2)[C@@H](CCC(=O)O)C1=O. The van der Waals surface area contributed by atoms with Crippen LogP contribution in [0.2, 0.25) is 0 Å². The second kappa shape index (κ2) is 13.2. The highest BCUT2D eigenvalue weighted by Crippen LogP contribution is 2.28. The topological polar surface area (TPSA) is 114 Å². The van der Waals surface area contributed by atoms with Gasteiger partial charge in [0.2, 0.25) is 11.8 Å². The molecule has 4 amide bonds. The number of aliphatic carboxylic acids is 1. The van der Waals surface area contributed by atoms with Gasteiger partial charge in [-0.1, -0.05) is 69.9 Å². The highest BCUT2D eigenvalue weighted by Gasteiger charge is 2.50. The highest BCUT2D eigenvalue weighted by molar-refractivity contribution is 5.91. The van der Waals surface area contributed by atoms with E-state index in [4.69, 9.17) is 0 Å².